The number of carbonyl (C=O) groups is 2. The maximum atomic E-state index is 9.10. The Labute approximate surface area is 149 Å². The fourth-order valence-corrected chi connectivity index (χ4v) is 2.24. The van der Waals surface area contributed by atoms with Crippen LogP contribution in [0.4, 0.5) is 0 Å². The highest BCUT2D eigenvalue weighted by atomic mass is 16.7. The van der Waals surface area contributed by atoms with E-state index in [1.54, 1.807) is 7.11 Å². The minimum atomic E-state index is -1.82. The van der Waals surface area contributed by atoms with E-state index in [9.17, 15) is 0 Å². The van der Waals surface area contributed by atoms with Gasteiger partial charge in [-0.25, -0.2) is 9.59 Å². The van der Waals surface area contributed by atoms with Crippen molar-refractivity contribution in [3.8, 4) is 17.2 Å². The molecule has 0 saturated heterocycles. The zero-order valence-electron chi connectivity index (χ0n) is 14.1. The molecule has 2 aromatic carbocycles. The number of nitrogens with one attached hydrogen (secondary N) is 1. The number of rotatable bonds is 5. The molecule has 138 valence electrons. The predicted molar refractivity (Wildman–Crippen MR) is 91.4 cm³/mol. The van der Waals surface area contributed by atoms with Gasteiger partial charge < -0.3 is 29.7 Å². The molecule has 8 nitrogen and oxygen atoms in total. The highest BCUT2D eigenvalue weighted by Gasteiger charge is 2.12. The minimum Gasteiger partial charge on any atom is -0.496 e. The van der Waals surface area contributed by atoms with Gasteiger partial charge >= 0.3 is 11.9 Å². The monoisotopic (exact) mass is 361 g/mol. The van der Waals surface area contributed by atoms with E-state index in [-0.39, 0.29) is 0 Å². The van der Waals surface area contributed by atoms with Crippen LogP contribution < -0.4 is 19.5 Å². The summed E-state index contributed by atoms with van der Waals surface area (Å²) < 4.78 is 16.0. The lowest BCUT2D eigenvalue weighted by molar-refractivity contribution is -0.159. The first-order chi connectivity index (χ1) is 12.5. The van der Waals surface area contributed by atoms with Crippen molar-refractivity contribution in [2.24, 2.45) is 0 Å². The molecule has 0 unspecified atom stereocenters. The molecule has 26 heavy (non-hydrogen) atoms. The topological polar surface area (TPSA) is 114 Å². The molecular formula is C18H19NO7. The molecule has 0 radical (unpaired) electrons. The molecule has 0 aliphatic carbocycles. The maximum absolute atomic E-state index is 9.10. The van der Waals surface area contributed by atoms with Gasteiger partial charge in [0.25, 0.3) is 0 Å². The summed E-state index contributed by atoms with van der Waals surface area (Å²) in [5.41, 5.74) is 2.32. The minimum absolute atomic E-state index is 0.313. The van der Waals surface area contributed by atoms with Crippen LogP contribution in [0.15, 0.2) is 42.5 Å². The van der Waals surface area contributed by atoms with Crippen molar-refractivity contribution < 1.29 is 34.0 Å². The lowest BCUT2D eigenvalue weighted by Crippen LogP contribution is -2.13. The van der Waals surface area contributed by atoms with Crippen LogP contribution in [-0.4, -0.2) is 36.1 Å². The van der Waals surface area contributed by atoms with Gasteiger partial charge in [0.2, 0.25) is 6.79 Å². The van der Waals surface area contributed by atoms with E-state index >= 15 is 0 Å². The Morgan fingerprint density at radius 2 is 1.73 bits per heavy atom. The first kappa shape index (κ1) is 19.1. The van der Waals surface area contributed by atoms with E-state index in [2.05, 4.69) is 11.4 Å². The standard InChI is InChI=1S/C16H17NO3.C2H2O4/c1-18-14-5-3-2-4-13(14)10-17-9-12-6-7-15-16(8-12)20-11-19-15;3-1(4)2(5)6/h2-8,17H,9-11H2,1H3;(H,3,4)(H,5,6). The number of aliphatic carboxylic acids is 2. The number of fused-ring (bicyclic) bond motifs is 1. The van der Waals surface area contributed by atoms with E-state index < -0.39 is 11.9 Å². The van der Waals surface area contributed by atoms with Crippen LogP contribution in [0.3, 0.4) is 0 Å². The zero-order chi connectivity index (χ0) is 18.9. The molecule has 2 aromatic rings. The van der Waals surface area contributed by atoms with Crippen molar-refractivity contribution in [2.45, 2.75) is 13.1 Å². The Kier molecular flexibility index (Phi) is 6.81. The average Bonchev–Trinajstić information content (AvgIpc) is 3.10. The predicted octanol–water partition coefficient (Wildman–Crippen LogP) is 1.87. The summed E-state index contributed by atoms with van der Waals surface area (Å²) in [4.78, 5) is 18.2. The highest BCUT2D eigenvalue weighted by Crippen LogP contribution is 2.32. The molecule has 1 aliphatic rings. The number of para-hydroxylation sites is 1. The van der Waals surface area contributed by atoms with E-state index in [4.69, 9.17) is 34.0 Å². The summed E-state index contributed by atoms with van der Waals surface area (Å²) >= 11 is 0. The van der Waals surface area contributed by atoms with Gasteiger partial charge in [0.1, 0.15) is 5.75 Å². The molecule has 0 fully saturated rings. The highest BCUT2D eigenvalue weighted by molar-refractivity contribution is 6.27. The summed E-state index contributed by atoms with van der Waals surface area (Å²) in [5, 5.41) is 18.2. The summed E-state index contributed by atoms with van der Waals surface area (Å²) in [6.45, 7) is 1.85. The van der Waals surface area contributed by atoms with E-state index in [1.807, 2.05) is 36.4 Å². The molecule has 1 aliphatic heterocycles. The lowest BCUT2D eigenvalue weighted by atomic mass is 10.1. The molecule has 3 rings (SSSR count). The second-order valence-corrected chi connectivity index (χ2v) is 5.21. The number of ether oxygens (including phenoxy) is 3. The molecular weight excluding hydrogens is 342 g/mol. The second kappa shape index (κ2) is 9.28. The van der Waals surface area contributed by atoms with Gasteiger partial charge in [-0.3, -0.25) is 0 Å². The zero-order valence-corrected chi connectivity index (χ0v) is 14.1. The van der Waals surface area contributed by atoms with E-state index in [0.29, 0.717) is 6.79 Å². The van der Waals surface area contributed by atoms with Gasteiger partial charge in [-0.2, -0.15) is 0 Å². The number of hydrogen-bond donors (Lipinski definition) is 3. The lowest BCUT2D eigenvalue weighted by Gasteiger charge is -2.09. The number of hydrogen-bond acceptors (Lipinski definition) is 6. The van der Waals surface area contributed by atoms with Gasteiger partial charge in [-0.05, 0) is 23.8 Å². The van der Waals surface area contributed by atoms with Crippen molar-refractivity contribution in [3.63, 3.8) is 0 Å². The van der Waals surface area contributed by atoms with Gasteiger partial charge in [0.15, 0.2) is 11.5 Å². The third-order valence-electron chi connectivity index (χ3n) is 3.46. The number of carboxylic acid groups (broad SMARTS) is 2. The van der Waals surface area contributed by atoms with Gasteiger partial charge in [0.05, 0.1) is 7.11 Å². The molecule has 0 spiro atoms. The first-order valence-corrected chi connectivity index (χ1v) is 7.68. The molecule has 0 atom stereocenters. The Bertz CT molecular complexity index is 764. The van der Waals surface area contributed by atoms with Crippen molar-refractivity contribution in [1.82, 2.24) is 5.32 Å². The van der Waals surface area contributed by atoms with Gasteiger partial charge in [-0.1, -0.05) is 24.3 Å². The number of carboxylic acids is 2. The summed E-state index contributed by atoms with van der Waals surface area (Å²) in [6.07, 6.45) is 0. The smallest absolute Gasteiger partial charge is 0.414 e. The molecule has 0 amide bonds. The Morgan fingerprint density at radius 3 is 2.42 bits per heavy atom. The van der Waals surface area contributed by atoms with Gasteiger partial charge in [-0.15, -0.1) is 0 Å². The van der Waals surface area contributed by atoms with E-state index in [0.717, 1.165) is 35.9 Å². The summed E-state index contributed by atoms with van der Waals surface area (Å²) in [5.74, 6) is -1.10. The van der Waals surface area contributed by atoms with Crippen LogP contribution in [0.1, 0.15) is 11.1 Å². The molecule has 0 saturated carbocycles. The van der Waals surface area contributed by atoms with Crippen molar-refractivity contribution in [2.75, 3.05) is 13.9 Å². The van der Waals surface area contributed by atoms with E-state index in [1.165, 1.54) is 5.56 Å². The van der Waals surface area contributed by atoms with Crippen LogP contribution in [0, 0.1) is 0 Å². The molecule has 1 heterocycles. The Hall–Kier alpha value is -3.26. The van der Waals surface area contributed by atoms with Gasteiger partial charge in [0, 0.05) is 18.7 Å². The molecule has 0 bridgehead atoms. The third-order valence-corrected chi connectivity index (χ3v) is 3.46. The van der Waals surface area contributed by atoms with Crippen LogP contribution in [0.5, 0.6) is 17.2 Å². The van der Waals surface area contributed by atoms with Crippen LogP contribution in [0.25, 0.3) is 0 Å². The number of benzene rings is 2. The Morgan fingerprint density at radius 1 is 1.04 bits per heavy atom. The van der Waals surface area contributed by atoms with Crippen molar-refractivity contribution >= 4 is 11.9 Å². The molecule has 0 aromatic heterocycles. The summed E-state index contributed by atoms with van der Waals surface area (Å²) in [6, 6.07) is 14.0. The SMILES string of the molecule is COc1ccccc1CNCc1ccc2c(c1)OCO2.O=C(O)C(=O)O. The molecule has 8 heteroatoms. The summed E-state index contributed by atoms with van der Waals surface area (Å²) in [7, 11) is 1.69. The third kappa shape index (κ3) is 5.38. The fourth-order valence-electron chi connectivity index (χ4n) is 2.24. The average molecular weight is 361 g/mol. The van der Waals surface area contributed by atoms with Crippen LogP contribution in [-0.2, 0) is 22.7 Å². The fraction of sp³-hybridized carbons (Fsp3) is 0.222. The normalized spacial score (nSPS) is 11.3. The maximum Gasteiger partial charge on any atom is 0.414 e. The first-order valence-electron chi connectivity index (χ1n) is 7.68. The number of methoxy groups -OCH3 is 1. The van der Waals surface area contributed by atoms with Crippen LogP contribution >= 0.6 is 0 Å². The van der Waals surface area contributed by atoms with Crippen molar-refractivity contribution in [3.05, 3.63) is 53.6 Å². The quantitative estimate of drug-likeness (QED) is 0.692. The van der Waals surface area contributed by atoms with Crippen LogP contribution in [0.2, 0.25) is 0 Å². The molecule has 3 N–H and O–H groups in total. The second-order valence-electron chi connectivity index (χ2n) is 5.21. The van der Waals surface area contributed by atoms with Crippen molar-refractivity contribution in [1.29, 1.82) is 0 Å². The Balaban J connectivity index is 0.000000352. The largest absolute Gasteiger partial charge is 0.496 e.